The van der Waals surface area contributed by atoms with Crippen LogP contribution in [0.4, 0.5) is 4.39 Å². The molecule has 0 spiro atoms. The maximum absolute atomic E-state index is 13.2. The second-order valence-electron chi connectivity index (χ2n) is 2.74. The molecule has 1 aromatic carbocycles. The number of carbonyl (C=O) groups is 1. The highest BCUT2D eigenvalue weighted by atomic mass is 19.1. The molecular formula is C10H11FO3. The van der Waals surface area contributed by atoms with Gasteiger partial charge < -0.3 is 9.47 Å². The highest BCUT2D eigenvalue weighted by Crippen LogP contribution is 2.24. The predicted octanol–water partition coefficient (Wildman–Crippen LogP) is 1.93. The maximum atomic E-state index is 13.2. The van der Waals surface area contributed by atoms with Gasteiger partial charge in [0.25, 0.3) is 0 Å². The first kappa shape index (κ1) is 10.5. The summed E-state index contributed by atoms with van der Waals surface area (Å²) >= 11 is 0. The number of ether oxygens (including phenoxy) is 2. The molecular weight excluding hydrogens is 187 g/mol. The lowest BCUT2D eigenvalue weighted by Crippen LogP contribution is -2.08. The Morgan fingerprint density at radius 2 is 2.00 bits per heavy atom. The van der Waals surface area contributed by atoms with Crippen LogP contribution in [0.1, 0.15) is 15.9 Å². The van der Waals surface area contributed by atoms with Crippen LogP contribution in [-0.2, 0) is 4.74 Å². The van der Waals surface area contributed by atoms with Gasteiger partial charge in [-0.15, -0.1) is 0 Å². The van der Waals surface area contributed by atoms with Gasteiger partial charge in [0.2, 0.25) is 0 Å². The monoisotopic (exact) mass is 198 g/mol. The van der Waals surface area contributed by atoms with Crippen LogP contribution in [0, 0.1) is 12.7 Å². The van der Waals surface area contributed by atoms with Crippen molar-refractivity contribution in [2.75, 3.05) is 14.2 Å². The minimum absolute atomic E-state index is 0.0770. The summed E-state index contributed by atoms with van der Waals surface area (Å²) in [7, 11) is 2.67. The molecule has 0 aliphatic heterocycles. The van der Waals surface area contributed by atoms with Crippen LogP contribution in [0.15, 0.2) is 12.1 Å². The summed E-state index contributed by atoms with van der Waals surface area (Å²) in [5.74, 6) is -0.833. The first-order chi connectivity index (χ1) is 6.61. The zero-order chi connectivity index (χ0) is 10.7. The molecule has 14 heavy (non-hydrogen) atoms. The number of carbonyl (C=O) groups excluding carboxylic acids is 1. The lowest BCUT2D eigenvalue weighted by atomic mass is 10.1. The highest BCUT2D eigenvalue weighted by molar-refractivity contribution is 5.92. The minimum atomic E-state index is -0.695. The fourth-order valence-corrected chi connectivity index (χ4v) is 1.23. The van der Waals surface area contributed by atoms with Crippen molar-refractivity contribution in [1.82, 2.24) is 0 Å². The van der Waals surface area contributed by atoms with E-state index in [4.69, 9.17) is 4.74 Å². The van der Waals surface area contributed by atoms with Crippen LogP contribution in [-0.4, -0.2) is 20.2 Å². The van der Waals surface area contributed by atoms with E-state index in [9.17, 15) is 9.18 Å². The number of rotatable bonds is 2. The molecule has 0 heterocycles. The Balaban J connectivity index is 3.32. The number of hydrogen-bond acceptors (Lipinski definition) is 3. The largest absolute Gasteiger partial charge is 0.496 e. The molecule has 3 nitrogen and oxygen atoms in total. The van der Waals surface area contributed by atoms with E-state index in [2.05, 4.69) is 4.74 Å². The molecule has 0 bridgehead atoms. The van der Waals surface area contributed by atoms with E-state index >= 15 is 0 Å². The average Bonchev–Trinajstić information content (AvgIpc) is 2.18. The Morgan fingerprint density at radius 1 is 1.36 bits per heavy atom. The Labute approximate surface area is 81.4 Å². The van der Waals surface area contributed by atoms with Gasteiger partial charge in [0.1, 0.15) is 17.1 Å². The second kappa shape index (κ2) is 4.09. The topological polar surface area (TPSA) is 35.5 Å². The fraction of sp³-hybridized carbons (Fsp3) is 0.300. The molecule has 0 N–H and O–H groups in total. The lowest BCUT2D eigenvalue weighted by Gasteiger charge is -2.09. The van der Waals surface area contributed by atoms with Crippen molar-refractivity contribution in [2.45, 2.75) is 6.92 Å². The fourth-order valence-electron chi connectivity index (χ4n) is 1.23. The van der Waals surface area contributed by atoms with Crippen molar-refractivity contribution in [3.8, 4) is 5.75 Å². The van der Waals surface area contributed by atoms with E-state index in [1.807, 2.05) is 0 Å². The molecule has 4 heteroatoms. The standard InChI is InChI=1S/C10H11FO3/c1-6-8(13-2)5-4-7(11)9(6)10(12)14-3/h4-5H,1-3H3. The van der Waals surface area contributed by atoms with Crippen LogP contribution in [0.3, 0.4) is 0 Å². The summed E-state index contributed by atoms with van der Waals surface area (Å²) in [5.41, 5.74) is 0.367. The third-order valence-electron chi connectivity index (χ3n) is 1.97. The summed E-state index contributed by atoms with van der Waals surface area (Å²) < 4.78 is 22.7. The Morgan fingerprint density at radius 3 is 2.50 bits per heavy atom. The van der Waals surface area contributed by atoms with Gasteiger partial charge in [0.05, 0.1) is 14.2 Å². The predicted molar refractivity (Wildman–Crippen MR) is 49.0 cm³/mol. The first-order valence-corrected chi connectivity index (χ1v) is 4.03. The smallest absolute Gasteiger partial charge is 0.341 e. The SMILES string of the molecule is COC(=O)c1c(F)ccc(OC)c1C. The van der Waals surface area contributed by atoms with Crippen molar-refractivity contribution in [3.63, 3.8) is 0 Å². The Hall–Kier alpha value is -1.58. The number of hydrogen-bond donors (Lipinski definition) is 0. The zero-order valence-corrected chi connectivity index (χ0v) is 8.26. The molecule has 0 unspecified atom stereocenters. The molecule has 0 aliphatic carbocycles. The van der Waals surface area contributed by atoms with Gasteiger partial charge in [0, 0.05) is 5.56 Å². The van der Waals surface area contributed by atoms with E-state index in [1.54, 1.807) is 6.92 Å². The highest BCUT2D eigenvalue weighted by Gasteiger charge is 2.17. The number of esters is 1. The molecule has 76 valence electrons. The normalized spacial score (nSPS) is 9.71. The first-order valence-electron chi connectivity index (χ1n) is 4.03. The summed E-state index contributed by atoms with van der Waals surface area (Å²) in [6.07, 6.45) is 0. The molecule has 0 aromatic heterocycles. The van der Waals surface area contributed by atoms with Crippen LogP contribution in [0.25, 0.3) is 0 Å². The molecule has 0 fully saturated rings. The van der Waals surface area contributed by atoms with Gasteiger partial charge in [-0.25, -0.2) is 9.18 Å². The zero-order valence-electron chi connectivity index (χ0n) is 8.26. The van der Waals surface area contributed by atoms with Gasteiger partial charge in [-0.1, -0.05) is 0 Å². The molecule has 0 saturated carbocycles. The van der Waals surface area contributed by atoms with E-state index in [1.165, 1.54) is 26.4 Å². The molecule has 0 saturated heterocycles. The van der Waals surface area contributed by atoms with Gasteiger partial charge in [-0.05, 0) is 19.1 Å². The van der Waals surface area contributed by atoms with Gasteiger partial charge >= 0.3 is 5.97 Å². The average molecular weight is 198 g/mol. The Bertz CT molecular complexity index is 361. The number of methoxy groups -OCH3 is 2. The van der Waals surface area contributed by atoms with E-state index in [0.29, 0.717) is 11.3 Å². The quantitative estimate of drug-likeness (QED) is 0.681. The summed E-state index contributed by atoms with van der Waals surface area (Å²) in [5, 5.41) is 0. The van der Waals surface area contributed by atoms with Crippen molar-refractivity contribution in [1.29, 1.82) is 0 Å². The van der Waals surface area contributed by atoms with Crippen molar-refractivity contribution < 1.29 is 18.7 Å². The van der Waals surface area contributed by atoms with Gasteiger partial charge in [-0.3, -0.25) is 0 Å². The molecule has 0 amide bonds. The van der Waals surface area contributed by atoms with Gasteiger partial charge in [-0.2, -0.15) is 0 Å². The van der Waals surface area contributed by atoms with Crippen LogP contribution >= 0.6 is 0 Å². The number of halogens is 1. The molecule has 1 rings (SSSR count). The molecule has 0 atom stereocenters. The third kappa shape index (κ3) is 1.69. The van der Waals surface area contributed by atoms with E-state index in [0.717, 1.165) is 0 Å². The molecule has 1 aromatic rings. The lowest BCUT2D eigenvalue weighted by molar-refractivity contribution is 0.0594. The molecule has 0 aliphatic rings. The van der Waals surface area contributed by atoms with Crippen LogP contribution in [0.5, 0.6) is 5.75 Å². The maximum Gasteiger partial charge on any atom is 0.341 e. The summed E-state index contributed by atoms with van der Waals surface area (Å²) in [4.78, 5) is 11.2. The van der Waals surface area contributed by atoms with E-state index in [-0.39, 0.29) is 5.56 Å². The summed E-state index contributed by atoms with van der Waals surface area (Å²) in [6.45, 7) is 1.61. The van der Waals surface area contributed by atoms with Crippen molar-refractivity contribution in [3.05, 3.63) is 29.1 Å². The van der Waals surface area contributed by atoms with Gasteiger partial charge in [0.15, 0.2) is 0 Å². The minimum Gasteiger partial charge on any atom is -0.496 e. The number of benzene rings is 1. The third-order valence-corrected chi connectivity index (χ3v) is 1.97. The molecule has 0 radical (unpaired) electrons. The van der Waals surface area contributed by atoms with Crippen LogP contribution in [0.2, 0.25) is 0 Å². The van der Waals surface area contributed by atoms with Crippen LogP contribution < -0.4 is 4.74 Å². The van der Waals surface area contributed by atoms with Crippen molar-refractivity contribution in [2.24, 2.45) is 0 Å². The summed E-state index contributed by atoms with van der Waals surface area (Å²) in [6, 6.07) is 2.65. The second-order valence-corrected chi connectivity index (χ2v) is 2.74. The Kier molecular flexibility index (Phi) is 3.06. The van der Waals surface area contributed by atoms with Crippen molar-refractivity contribution >= 4 is 5.97 Å². The van der Waals surface area contributed by atoms with E-state index < -0.39 is 11.8 Å².